The summed E-state index contributed by atoms with van der Waals surface area (Å²) in [5, 5.41) is 5.80. The number of aromatic amines is 1. The van der Waals surface area contributed by atoms with Crippen molar-refractivity contribution in [3.8, 4) is 0 Å². The third kappa shape index (κ3) is 2.95. The molecule has 2 rings (SSSR count). The van der Waals surface area contributed by atoms with Crippen LogP contribution in [-0.4, -0.2) is 4.98 Å². The number of thiazole rings is 1. The molecular formula is C11H11ClN2OS. The van der Waals surface area contributed by atoms with Crippen molar-refractivity contribution in [2.24, 2.45) is 0 Å². The third-order valence-electron chi connectivity index (χ3n) is 2.16. The summed E-state index contributed by atoms with van der Waals surface area (Å²) in [6.07, 6.45) is 0. The molecule has 0 saturated carbocycles. The lowest BCUT2D eigenvalue weighted by Crippen LogP contribution is -2.14. The van der Waals surface area contributed by atoms with Gasteiger partial charge in [0.2, 0.25) is 0 Å². The molecule has 0 fully saturated rings. The summed E-state index contributed by atoms with van der Waals surface area (Å²) in [5.74, 6) is 0. The summed E-state index contributed by atoms with van der Waals surface area (Å²) < 4.78 is 0. The molecule has 2 aromatic rings. The van der Waals surface area contributed by atoms with E-state index in [0.717, 1.165) is 16.3 Å². The van der Waals surface area contributed by atoms with Crippen molar-refractivity contribution in [3.63, 3.8) is 0 Å². The molecule has 0 atom stereocenters. The highest BCUT2D eigenvalue weighted by atomic mass is 35.5. The summed E-state index contributed by atoms with van der Waals surface area (Å²) in [6, 6.07) is 7.70. The van der Waals surface area contributed by atoms with E-state index in [1.165, 1.54) is 11.3 Å². The SMILES string of the molecule is O=c1[nH]c(CNCc2ccccc2Cl)cs1. The smallest absolute Gasteiger partial charge is 0.304 e. The van der Waals surface area contributed by atoms with Gasteiger partial charge in [-0.2, -0.15) is 0 Å². The van der Waals surface area contributed by atoms with E-state index < -0.39 is 0 Å². The fraction of sp³-hybridized carbons (Fsp3) is 0.182. The zero-order valence-electron chi connectivity index (χ0n) is 8.50. The molecule has 3 nitrogen and oxygen atoms in total. The fourth-order valence-corrected chi connectivity index (χ4v) is 2.16. The minimum Gasteiger partial charge on any atom is -0.315 e. The molecule has 1 aromatic carbocycles. The molecule has 0 aliphatic rings. The van der Waals surface area contributed by atoms with Crippen LogP contribution in [0.4, 0.5) is 0 Å². The number of rotatable bonds is 4. The normalized spacial score (nSPS) is 10.6. The van der Waals surface area contributed by atoms with E-state index in [4.69, 9.17) is 11.6 Å². The Hall–Kier alpha value is -1.10. The molecule has 0 bridgehead atoms. The molecule has 0 saturated heterocycles. The van der Waals surface area contributed by atoms with Crippen LogP contribution in [-0.2, 0) is 13.1 Å². The summed E-state index contributed by atoms with van der Waals surface area (Å²) in [4.78, 5) is 13.6. The second-order valence-electron chi connectivity index (χ2n) is 3.37. The lowest BCUT2D eigenvalue weighted by molar-refractivity contribution is 0.682. The Kier molecular flexibility index (Phi) is 3.77. The van der Waals surface area contributed by atoms with Crippen molar-refractivity contribution < 1.29 is 0 Å². The zero-order valence-corrected chi connectivity index (χ0v) is 10.1. The number of benzene rings is 1. The van der Waals surface area contributed by atoms with E-state index in [1.807, 2.05) is 29.6 Å². The first-order chi connectivity index (χ1) is 7.75. The van der Waals surface area contributed by atoms with E-state index in [0.29, 0.717) is 13.1 Å². The Bertz CT molecular complexity index is 520. The maximum atomic E-state index is 10.9. The molecular weight excluding hydrogens is 244 g/mol. The standard InChI is InChI=1S/C11H11ClN2OS/c12-10-4-2-1-3-8(10)5-13-6-9-7-16-11(15)14-9/h1-4,7,13H,5-6H2,(H,14,15). The molecule has 84 valence electrons. The molecule has 0 aliphatic heterocycles. The van der Waals surface area contributed by atoms with Gasteiger partial charge in [0.05, 0.1) is 0 Å². The Labute approximate surface area is 102 Å². The van der Waals surface area contributed by atoms with Gasteiger partial charge in [-0.15, -0.1) is 0 Å². The van der Waals surface area contributed by atoms with E-state index in [2.05, 4.69) is 10.3 Å². The van der Waals surface area contributed by atoms with Gasteiger partial charge < -0.3 is 10.3 Å². The first-order valence-electron chi connectivity index (χ1n) is 4.86. The predicted molar refractivity (Wildman–Crippen MR) is 66.9 cm³/mol. The number of halogens is 1. The van der Waals surface area contributed by atoms with Crippen LogP contribution in [0.1, 0.15) is 11.3 Å². The molecule has 5 heteroatoms. The highest BCUT2D eigenvalue weighted by Gasteiger charge is 1.99. The molecule has 0 radical (unpaired) electrons. The molecule has 1 aromatic heterocycles. The van der Waals surface area contributed by atoms with Crippen LogP contribution in [0.2, 0.25) is 5.02 Å². The minimum absolute atomic E-state index is 0.0189. The number of aromatic nitrogens is 1. The van der Waals surface area contributed by atoms with Gasteiger partial charge in [-0.25, -0.2) is 0 Å². The van der Waals surface area contributed by atoms with Crippen LogP contribution >= 0.6 is 22.9 Å². The monoisotopic (exact) mass is 254 g/mol. The summed E-state index contributed by atoms with van der Waals surface area (Å²) in [7, 11) is 0. The molecule has 0 aliphatic carbocycles. The van der Waals surface area contributed by atoms with Gasteiger partial charge in [-0.3, -0.25) is 4.79 Å². The number of nitrogens with one attached hydrogen (secondary N) is 2. The quantitative estimate of drug-likeness (QED) is 0.880. The van der Waals surface area contributed by atoms with Crippen LogP contribution in [0.5, 0.6) is 0 Å². The van der Waals surface area contributed by atoms with Crippen LogP contribution in [0.3, 0.4) is 0 Å². The van der Waals surface area contributed by atoms with Gasteiger partial charge in [0.1, 0.15) is 0 Å². The number of hydrogen-bond donors (Lipinski definition) is 2. The summed E-state index contributed by atoms with van der Waals surface area (Å²) >= 11 is 7.19. The topological polar surface area (TPSA) is 44.9 Å². The maximum absolute atomic E-state index is 10.9. The predicted octanol–water partition coefficient (Wildman–Crippen LogP) is 2.38. The van der Waals surface area contributed by atoms with Gasteiger partial charge in [-0.05, 0) is 11.6 Å². The van der Waals surface area contributed by atoms with Crippen molar-refractivity contribution in [2.45, 2.75) is 13.1 Å². The van der Waals surface area contributed by atoms with Crippen LogP contribution < -0.4 is 10.2 Å². The lowest BCUT2D eigenvalue weighted by atomic mass is 10.2. The zero-order chi connectivity index (χ0) is 11.4. The van der Waals surface area contributed by atoms with Crippen LogP contribution in [0, 0.1) is 0 Å². The second-order valence-corrected chi connectivity index (χ2v) is 4.62. The fourth-order valence-electron chi connectivity index (χ4n) is 1.37. The number of hydrogen-bond acceptors (Lipinski definition) is 3. The molecule has 16 heavy (non-hydrogen) atoms. The molecule has 0 unspecified atom stereocenters. The number of H-pyrrole nitrogens is 1. The Morgan fingerprint density at radius 3 is 2.81 bits per heavy atom. The van der Waals surface area contributed by atoms with Crippen molar-refractivity contribution in [2.75, 3.05) is 0 Å². The third-order valence-corrected chi connectivity index (χ3v) is 3.25. The first-order valence-corrected chi connectivity index (χ1v) is 6.12. The van der Waals surface area contributed by atoms with Crippen molar-refractivity contribution in [3.05, 3.63) is 55.6 Å². The Balaban J connectivity index is 1.89. The van der Waals surface area contributed by atoms with Crippen molar-refractivity contribution in [1.29, 1.82) is 0 Å². The van der Waals surface area contributed by atoms with Crippen molar-refractivity contribution in [1.82, 2.24) is 10.3 Å². The van der Waals surface area contributed by atoms with Crippen molar-refractivity contribution >= 4 is 22.9 Å². The average Bonchev–Trinajstić information content (AvgIpc) is 2.67. The maximum Gasteiger partial charge on any atom is 0.304 e. The summed E-state index contributed by atoms with van der Waals surface area (Å²) in [5.41, 5.74) is 1.96. The molecule has 0 spiro atoms. The van der Waals surface area contributed by atoms with Gasteiger partial charge in [0, 0.05) is 29.2 Å². The minimum atomic E-state index is -0.0189. The van der Waals surface area contributed by atoms with E-state index in [1.54, 1.807) is 0 Å². The molecule has 0 amide bonds. The van der Waals surface area contributed by atoms with Crippen LogP contribution in [0.15, 0.2) is 34.4 Å². The highest BCUT2D eigenvalue weighted by molar-refractivity contribution is 7.07. The second kappa shape index (κ2) is 5.30. The average molecular weight is 255 g/mol. The Morgan fingerprint density at radius 1 is 1.31 bits per heavy atom. The summed E-state index contributed by atoms with van der Waals surface area (Å²) in [6.45, 7) is 1.33. The van der Waals surface area contributed by atoms with Gasteiger partial charge in [0.25, 0.3) is 0 Å². The van der Waals surface area contributed by atoms with Gasteiger partial charge in [0.15, 0.2) is 0 Å². The molecule has 2 N–H and O–H groups in total. The first kappa shape index (κ1) is 11.4. The Morgan fingerprint density at radius 2 is 2.12 bits per heavy atom. The lowest BCUT2D eigenvalue weighted by Gasteiger charge is -2.04. The van der Waals surface area contributed by atoms with E-state index >= 15 is 0 Å². The van der Waals surface area contributed by atoms with Crippen LogP contribution in [0.25, 0.3) is 0 Å². The largest absolute Gasteiger partial charge is 0.315 e. The molecule has 1 heterocycles. The van der Waals surface area contributed by atoms with Gasteiger partial charge in [-0.1, -0.05) is 41.1 Å². The highest BCUT2D eigenvalue weighted by Crippen LogP contribution is 2.14. The van der Waals surface area contributed by atoms with Gasteiger partial charge >= 0.3 is 4.87 Å². The van der Waals surface area contributed by atoms with E-state index in [-0.39, 0.29) is 4.87 Å². The van der Waals surface area contributed by atoms with E-state index in [9.17, 15) is 4.79 Å².